The predicted molar refractivity (Wildman–Crippen MR) is 221 cm³/mol. The highest BCUT2D eigenvalue weighted by atomic mass is 32.2. The number of para-hydroxylation sites is 1. The van der Waals surface area contributed by atoms with Crippen molar-refractivity contribution < 1.29 is 41.5 Å². The van der Waals surface area contributed by atoms with Crippen LogP contribution in [0.1, 0.15) is 84.1 Å². The number of ether oxygens (including phenoxy) is 2. The number of amides is 4. The van der Waals surface area contributed by atoms with Crippen LogP contribution in [-0.2, 0) is 29.1 Å². The SMILES string of the molecule is Cc1ccc(-c2cc(O[C@@H]3C[C@H]4C(=O)N[C@]5(C(=O)NS(=O)(=O)C6CC6)C[C@@H]5/C=C\CCCCC[C@H](NC(=O)OC(C)(C)C)C(=O)N4C3)c3oc4ccccc4c3n2)cc1. The summed E-state index contributed by atoms with van der Waals surface area (Å²) in [5.41, 5.74) is 1.88. The van der Waals surface area contributed by atoms with Gasteiger partial charge in [0, 0.05) is 29.4 Å². The number of pyridine rings is 1. The third kappa shape index (κ3) is 8.66. The zero-order valence-electron chi connectivity index (χ0n) is 33.8. The van der Waals surface area contributed by atoms with E-state index in [2.05, 4.69) is 15.4 Å². The van der Waals surface area contributed by atoms with E-state index in [1.807, 2.05) is 67.6 Å². The minimum atomic E-state index is -3.91. The van der Waals surface area contributed by atoms with Gasteiger partial charge in [-0.25, -0.2) is 18.2 Å². The summed E-state index contributed by atoms with van der Waals surface area (Å²) >= 11 is 0. The molecule has 1 saturated heterocycles. The van der Waals surface area contributed by atoms with Gasteiger partial charge in [-0.1, -0.05) is 67.0 Å². The van der Waals surface area contributed by atoms with E-state index < -0.39 is 74.3 Å². The lowest BCUT2D eigenvalue weighted by Gasteiger charge is -2.30. The number of hydrogen-bond donors (Lipinski definition) is 3. The zero-order chi connectivity index (χ0) is 41.7. The Bertz CT molecular complexity index is 2440. The van der Waals surface area contributed by atoms with Crippen molar-refractivity contribution in [1.29, 1.82) is 0 Å². The van der Waals surface area contributed by atoms with Crippen molar-refractivity contribution >= 4 is 55.9 Å². The van der Waals surface area contributed by atoms with Crippen LogP contribution < -0.4 is 20.1 Å². The Morgan fingerprint density at radius 3 is 2.53 bits per heavy atom. The Labute approximate surface area is 343 Å². The molecule has 4 heterocycles. The fourth-order valence-corrected chi connectivity index (χ4v) is 9.45. The van der Waals surface area contributed by atoms with Crippen molar-refractivity contribution in [2.45, 2.75) is 120 Å². The lowest BCUT2D eigenvalue weighted by atomic mass is 10.0. The number of alkyl carbamates (subject to hydrolysis) is 1. The third-order valence-electron chi connectivity index (χ3n) is 11.5. The van der Waals surface area contributed by atoms with Gasteiger partial charge in [-0.05, 0) is 78.4 Å². The number of fused-ring (bicyclic) bond motifs is 5. The lowest BCUT2D eigenvalue weighted by Crippen LogP contribution is -2.58. The Morgan fingerprint density at radius 1 is 1.02 bits per heavy atom. The summed E-state index contributed by atoms with van der Waals surface area (Å²) in [6.07, 6.45) is 6.63. The van der Waals surface area contributed by atoms with Gasteiger partial charge < -0.3 is 29.4 Å². The number of carbonyl (C=O) groups excluding carboxylic acids is 4. The average Bonchev–Trinajstić information content (AvgIpc) is 4.08. The maximum atomic E-state index is 14.7. The number of rotatable bonds is 7. The van der Waals surface area contributed by atoms with Crippen LogP contribution in [0.3, 0.4) is 0 Å². The average molecular weight is 826 g/mol. The lowest BCUT2D eigenvalue weighted by molar-refractivity contribution is -0.141. The van der Waals surface area contributed by atoms with Gasteiger partial charge in [0.05, 0.1) is 17.5 Å². The molecule has 2 aliphatic heterocycles. The second kappa shape index (κ2) is 15.6. The van der Waals surface area contributed by atoms with Gasteiger partial charge in [-0.2, -0.15) is 0 Å². The third-order valence-corrected chi connectivity index (χ3v) is 13.3. The molecule has 2 saturated carbocycles. The number of allylic oxidation sites excluding steroid dienone is 1. The fraction of sp³-hybridized carbons (Fsp3) is 0.477. The van der Waals surface area contributed by atoms with Crippen molar-refractivity contribution in [3.63, 3.8) is 0 Å². The summed E-state index contributed by atoms with van der Waals surface area (Å²) in [6.45, 7) is 7.17. The summed E-state index contributed by atoms with van der Waals surface area (Å²) in [5, 5.41) is 5.84. The molecule has 2 aromatic carbocycles. The molecule has 4 aromatic rings. The molecule has 2 aromatic heterocycles. The normalized spacial score (nSPS) is 25.9. The quantitative estimate of drug-likeness (QED) is 0.181. The largest absolute Gasteiger partial charge is 0.484 e. The van der Waals surface area contributed by atoms with Crippen LogP contribution in [0.25, 0.3) is 33.3 Å². The highest BCUT2D eigenvalue weighted by Gasteiger charge is 2.62. The standard InChI is InChI=1S/C44H51N5O9S/c1-26-16-18-27(19-17-26)33-23-36(38-37(45-33)31-13-10-11-15-35(31)57-38)56-29-22-34-39(50)47-44(41(52)48-59(54,55)30-20-21-30)24-28(44)12-8-6-5-7-9-14-32(40(51)49(34)25-29)46-42(53)58-43(2,3)4/h8,10-13,15-19,23,28-30,32,34H,5-7,9,14,20-22,24-25H2,1-4H3,(H,46,53)(H,47,50)(H,48,52)/b12-8-/t28-,29+,32-,34-,44+/m0/s1. The Balaban J connectivity index is 1.15. The first-order valence-electron chi connectivity index (χ1n) is 20.5. The number of benzene rings is 2. The van der Waals surface area contributed by atoms with Gasteiger partial charge in [0.15, 0.2) is 11.3 Å². The number of sulfonamides is 1. The molecule has 3 fully saturated rings. The number of aromatic nitrogens is 1. The van der Waals surface area contributed by atoms with Gasteiger partial charge in [-0.15, -0.1) is 0 Å². The molecule has 15 heteroatoms. The molecule has 4 amide bonds. The number of furan rings is 1. The molecule has 5 atom stereocenters. The van der Waals surface area contributed by atoms with Crippen LogP contribution in [0.2, 0.25) is 0 Å². The second-order valence-electron chi connectivity index (χ2n) is 17.3. The molecule has 0 unspecified atom stereocenters. The van der Waals surface area contributed by atoms with Gasteiger partial charge in [0.1, 0.15) is 40.4 Å². The molecule has 0 radical (unpaired) electrons. The van der Waals surface area contributed by atoms with E-state index >= 15 is 0 Å². The second-order valence-corrected chi connectivity index (χ2v) is 19.3. The first-order valence-corrected chi connectivity index (χ1v) is 22.1. The number of nitrogens with one attached hydrogen (secondary N) is 3. The summed E-state index contributed by atoms with van der Waals surface area (Å²) in [5.74, 6) is -1.99. The van der Waals surface area contributed by atoms with Crippen molar-refractivity contribution in [2.24, 2.45) is 5.92 Å². The smallest absolute Gasteiger partial charge is 0.408 e. The monoisotopic (exact) mass is 825 g/mol. The zero-order valence-corrected chi connectivity index (χ0v) is 34.6. The van der Waals surface area contributed by atoms with Crippen molar-refractivity contribution in [1.82, 2.24) is 25.2 Å². The first-order chi connectivity index (χ1) is 28.1. The maximum Gasteiger partial charge on any atom is 0.408 e. The minimum absolute atomic E-state index is 0.0270. The topological polar surface area (TPSA) is 186 Å². The molecule has 14 nitrogen and oxygen atoms in total. The predicted octanol–water partition coefficient (Wildman–Crippen LogP) is 6.20. The fourth-order valence-electron chi connectivity index (χ4n) is 8.09. The molecule has 4 aliphatic rings. The van der Waals surface area contributed by atoms with Gasteiger partial charge >= 0.3 is 6.09 Å². The van der Waals surface area contributed by atoms with E-state index in [1.54, 1.807) is 26.8 Å². The number of aryl methyl sites for hydroxylation is 1. The van der Waals surface area contributed by atoms with E-state index in [1.165, 1.54) is 4.90 Å². The van der Waals surface area contributed by atoms with Crippen molar-refractivity contribution in [2.75, 3.05) is 6.54 Å². The van der Waals surface area contributed by atoms with Crippen LogP contribution in [0, 0.1) is 12.8 Å². The van der Waals surface area contributed by atoms with Gasteiger partial charge in [-0.3, -0.25) is 19.1 Å². The van der Waals surface area contributed by atoms with Crippen LogP contribution in [0.15, 0.2) is 71.2 Å². The first kappa shape index (κ1) is 40.3. The molecule has 3 N–H and O–H groups in total. The van der Waals surface area contributed by atoms with Crippen LogP contribution in [0.5, 0.6) is 5.75 Å². The van der Waals surface area contributed by atoms with Crippen LogP contribution >= 0.6 is 0 Å². The molecule has 0 spiro atoms. The summed E-state index contributed by atoms with van der Waals surface area (Å²) in [7, 11) is -3.91. The molecule has 312 valence electrons. The summed E-state index contributed by atoms with van der Waals surface area (Å²) in [4.78, 5) is 62.6. The maximum absolute atomic E-state index is 14.7. The van der Waals surface area contributed by atoms with Crippen molar-refractivity contribution in [3.8, 4) is 17.0 Å². The highest BCUT2D eigenvalue weighted by Crippen LogP contribution is 2.46. The number of carbonyl (C=O) groups is 4. The number of nitrogens with zero attached hydrogens (tertiary/aromatic N) is 2. The molecular formula is C44H51N5O9S. The van der Waals surface area contributed by atoms with Gasteiger partial charge in [0.2, 0.25) is 21.8 Å². The Kier molecular flexibility index (Phi) is 10.7. The van der Waals surface area contributed by atoms with Crippen molar-refractivity contribution in [3.05, 3.63) is 72.3 Å². The summed E-state index contributed by atoms with van der Waals surface area (Å²) in [6, 6.07) is 15.1. The minimum Gasteiger partial charge on any atom is -0.484 e. The number of hydrogen-bond acceptors (Lipinski definition) is 10. The molecular weight excluding hydrogens is 775 g/mol. The molecule has 8 rings (SSSR count). The van der Waals surface area contributed by atoms with E-state index in [4.69, 9.17) is 18.9 Å². The van der Waals surface area contributed by atoms with E-state index in [-0.39, 0.29) is 19.4 Å². The van der Waals surface area contributed by atoms with Gasteiger partial charge in [0.25, 0.3) is 5.91 Å². The van der Waals surface area contributed by atoms with E-state index in [0.29, 0.717) is 60.2 Å². The summed E-state index contributed by atoms with van der Waals surface area (Å²) < 4.78 is 46.7. The van der Waals surface area contributed by atoms with E-state index in [9.17, 15) is 27.6 Å². The molecule has 2 aliphatic carbocycles. The van der Waals surface area contributed by atoms with E-state index in [0.717, 1.165) is 29.4 Å². The van der Waals surface area contributed by atoms with Crippen LogP contribution in [-0.4, -0.2) is 83.2 Å². The molecule has 0 bridgehead atoms. The Hall–Kier alpha value is -5.44. The Morgan fingerprint density at radius 2 is 1.78 bits per heavy atom. The van der Waals surface area contributed by atoms with Crippen LogP contribution in [0.4, 0.5) is 4.79 Å². The highest BCUT2D eigenvalue weighted by molar-refractivity contribution is 7.91. The molecule has 59 heavy (non-hydrogen) atoms.